The third-order valence-corrected chi connectivity index (χ3v) is 5.26. The van der Waals surface area contributed by atoms with Gasteiger partial charge in [-0.15, -0.1) is 0 Å². The highest BCUT2D eigenvalue weighted by molar-refractivity contribution is 6.32. The Hall–Kier alpha value is -2.24. The number of carbonyl (C=O) groups excluding carboxylic acids is 2. The van der Waals surface area contributed by atoms with Crippen LogP contribution < -0.4 is 15.4 Å². The SMILES string of the molecule is O=C1NCCCC1C(=O)NC1c2ccc(Cl)cc2Oc2cccc(Cl)c21. The monoisotopic (exact) mass is 390 g/mol. The van der Waals surface area contributed by atoms with Gasteiger partial charge in [-0.3, -0.25) is 9.59 Å². The van der Waals surface area contributed by atoms with Gasteiger partial charge in [-0.2, -0.15) is 0 Å². The molecule has 2 aliphatic heterocycles. The first-order valence-electron chi connectivity index (χ1n) is 8.38. The summed E-state index contributed by atoms with van der Waals surface area (Å²) in [6.07, 6.45) is 1.31. The van der Waals surface area contributed by atoms with E-state index in [4.69, 9.17) is 27.9 Å². The molecule has 0 spiro atoms. The second-order valence-electron chi connectivity index (χ2n) is 6.36. The number of rotatable bonds is 2. The Morgan fingerprint density at radius 1 is 1.19 bits per heavy atom. The van der Waals surface area contributed by atoms with Crippen LogP contribution in [0.2, 0.25) is 10.0 Å². The molecule has 0 aromatic heterocycles. The first-order chi connectivity index (χ1) is 12.5. The van der Waals surface area contributed by atoms with E-state index >= 15 is 0 Å². The van der Waals surface area contributed by atoms with E-state index in [0.717, 1.165) is 12.0 Å². The van der Waals surface area contributed by atoms with Crippen molar-refractivity contribution in [2.75, 3.05) is 6.54 Å². The molecule has 2 aliphatic rings. The summed E-state index contributed by atoms with van der Waals surface area (Å²) in [5, 5.41) is 6.74. The van der Waals surface area contributed by atoms with Crippen molar-refractivity contribution >= 4 is 35.0 Å². The van der Waals surface area contributed by atoms with Crippen molar-refractivity contribution in [3.8, 4) is 11.5 Å². The lowest BCUT2D eigenvalue weighted by atomic mass is 9.92. The highest BCUT2D eigenvalue weighted by atomic mass is 35.5. The maximum Gasteiger partial charge on any atom is 0.233 e. The van der Waals surface area contributed by atoms with Crippen LogP contribution in [0.15, 0.2) is 36.4 Å². The molecule has 26 heavy (non-hydrogen) atoms. The summed E-state index contributed by atoms with van der Waals surface area (Å²) in [7, 11) is 0. The van der Waals surface area contributed by atoms with Gasteiger partial charge in [0.1, 0.15) is 17.4 Å². The standard InChI is InChI=1S/C19H16Cl2N2O3/c20-10-6-7-11-15(9-10)26-14-5-1-4-13(21)16(14)17(11)23-19(25)12-3-2-8-22-18(12)24/h1,4-7,9,12,17H,2-3,8H2,(H,22,24)(H,23,25). The van der Waals surface area contributed by atoms with Crippen molar-refractivity contribution in [1.82, 2.24) is 10.6 Å². The summed E-state index contributed by atoms with van der Waals surface area (Å²) in [6, 6.07) is 10.0. The lowest BCUT2D eigenvalue weighted by molar-refractivity contribution is -0.137. The van der Waals surface area contributed by atoms with Gasteiger partial charge in [0.15, 0.2) is 0 Å². The van der Waals surface area contributed by atoms with Gasteiger partial charge < -0.3 is 15.4 Å². The number of fused-ring (bicyclic) bond motifs is 2. The zero-order valence-electron chi connectivity index (χ0n) is 13.7. The number of piperidine rings is 1. The molecule has 2 amide bonds. The quantitative estimate of drug-likeness (QED) is 0.765. The second kappa shape index (κ2) is 6.82. The van der Waals surface area contributed by atoms with Gasteiger partial charge in [0.2, 0.25) is 11.8 Å². The number of ether oxygens (including phenoxy) is 1. The third kappa shape index (κ3) is 3.02. The van der Waals surface area contributed by atoms with E-state index < -0.39 is 12.0 Å². The van der Waals surface area contributed by atoms with Crippen LogP contribution in [0.25, 0.3) is 0 Å². The van der Waals surface area contributed by atoms with Crippen LogP contribution in [-0.4, -0.2) is 18.4 Å². The third-order valence-electron chi connectivity index (χ3n) is 4.70. The smallest absolute Gasteiger partial charge is 0.233 e. The van der Waals surface area contributed by atoms with Gasteiger partial charge in [-0.05, 0) is 37.1 Å². The summed E-state index contributed by atoms with van der Waals surface area (Å²) in [5.41, 5.74) is 1.42. The zero-order valence-corrected chi connectivity index (χ0v) is 15.2. The van der Waals surface area contributed by atoms with E-state index in [9.17, 15) is 9.59 Å². The molecule has 2 aromatic carbocycles. The van der Waals surface area contributed by atoms with E-state index in [0.29, 0.717) is 40.1 Å². The fraction of sp³-hybridized carbons (Fsp3) is 0.263. The van der Waals surface area contributed by atoms with Crippen LogP contribution in [0, 0.1) is 5.92 Å². The highest BCUT2D eigenvalue weighted by Gasteiger charge is 2.35. The molecule has 7 heteroatoms. The van der Waals surface area contributed by atoms with E-state index in [1.807, 2.05) is 0 Å². The molecular formula is C19H16Cl2N2O3. The minimum Gasteiger partial charge on any atom is -0.456 e. The zero-order chi connectivity index (χ0) is 18.3. The summed E-state index contributed by atoms with van der Waals surface area (Å²) in [4.78, 5) is 24.8. The Balaban J connectivity index is 1.73. The molecule has 2 atom stereocenters. The average molecular weight is 391 g/mol. The molecule has 2 aromatic rings. The molecule has 1 fully saturated rings. The molecule has 134 valence electrons. The predicted octanol–water partition coefficient (Wildman–Crippen LogP) is 3.83. The maximum absolute atomic E-state index is 12.8. The number of benzene rings is 2. The van der Waals surface area contributed by atoms with Crippen LogP contribution in [0.1, 0.15) is 30.0 Å². The maximum atomic E-state index is 12.8. The molecule has 0 bridgehead atoms. The molecule has 2 heterocycles. The second-order valence-corrected chi connectivity index (χ2v) is 7.21. The first-order valence-corrected chi connectivity index (χ1v) is 9.14. The number of amides is 2. The van der Waals surface area contributed by atoms with Crippen LogP contribution in [0.4, 0.5) is 0 Å². The van der Waals surface area contributed by atoms with Gasteiger partial charge in [0.25, 0.3) is 0 Å². The van der Waals surface area contributed by atoms with E-state index in [-0.39, 0.29) is 11.8 Å². The Kier molecular flexibility index (Phi) is 4.51. The summed E-state index contributed by atoms with van der Waals surface area (Å²) in [5.74, 6) is -0.137. The average Bonchev–Trinajstić information content (AvgIpc) is 2.61. The van der Waals surface area contributed by atoms with E-state index in [1.165, 1.54) is 0 Å². The van der Waals surface area contributed by atoms with E-state index in [1.54, 1.807) is 36.4 Å². The molecule has 1 saturated heterocycles. The van der Waals surface area contributed by atoms with Gasteiger partial charge in [0.05, 0.1) is 6.04 Å². The van der Waals surface area contributed by atoms with Crippen molar-refractivity contribution in [3.05, 3.63) is 57.6 Å². The normalized spacial score (nSPS) is 21.1. The molecule has 2 unspecified atom stereocenters. The Bertz CT molecular complexity index is 900. The molecule has 4 rings (SSSR count). The lowest BCUT2D eigenvalue weighted by Gasteiger charge is -2.31. The topological polar surface area (TPSA) is 67.4 Å². The number of nitrogens with one attached hydrogen (secondary N) is 2. The van der Waals surface area contributed by atoms with Crippen LogP contribution in [0.3, 0.4) is 0 Å². The summed E-state index contributed by atoms with van der Waals surface area (Å²) in [6.45, 7) is 0.607. The lowest BCUT2D eigenvalue weighted by Crippen LogP contribution is -2.46. The van der Waals surface area contributed by atoms with Crippen molar-refractivity contribution in [3.63, 3.8) is 0 Å². The fourth-order valence-electron chi connectivity index (χ4n) is 3.41. The Morgan fingerprint density at radius 2 is 2.04 bits per heavy atom. The molecule has 0 aliphatic carbocycles. The minimum atomic E-state index is -0.701. The largest absolute Gasteiger partial charge is 0.456 e. The van der Waals surface area contributed by atoms with Gasteiger partial charge in [-0.25, -0.2) is 0 Å². The molecule has 5 nitrogen and oxygen atoms in total. The fourth-order valence-corrected chi connectivity index (χ4v) is 3.85. The van der Waals surface area contributed by atoms with Crippen LogP contribution in [0.5, 0.6) is 11.5 Å². The van der Waals surface area contributed by atoms with Crippen molar-refractivity contribution in [2.24, 2.45) is 5.92 Å². The number of carbonyl (C=O) groups is 2. The van der Waals surface area contributed by atoms with Crippen molar-refractivity contribution in [2.45, 2.75) is 18.9 Å². The molecular weight excluding hydrogens is 375 g/mol. The molecule has 2 N–H and O–H groups in total. The van der Waals surface area contributed by atoms with E-state index in [2.05, 4.69) is 10.6 Å². The molecule has 0 saturated carbocycles. The minimum absolute atomic E-state index is 0.239. The van der Waals surface area contributed by atoms with Crippen molar-refractivity contribution in [1.29, 1.82) is 0 Å². The van der Waals surface area contributed by atoms with Gasteiger partial charge >= 0.3 is 0 Å². The molecule has 0 radical (unpaired) electrons. The number of hydrogen-bond donors (Lipinski definition) is 2. The summed E-state index contributed by atoms with van der Waals surface area (Å²) < 4.78 is 5.92. The Labute approximate surface area is 160 Å². The van der Waals surface area contributed by atoms with Gasteiger partial charge in [0, 0.05) is 27.7 Å². The first kappa shape index (κ1) is 17.2. The predicted molar refractivity (Wildman–Crippen MR) is 98.7 cm³/mol. The van der Waals surface area contributed by atoms with Gasteiger partial charge in [-0.1, -0.05) is 35.3 Å². The van der Waals surface area contributed by atoms with Crippen LogP contribution >= 0.6 is 23.2 Å². The highest BCUT2D eigenvalue weighted by Crippen LogP contribution is 2.46. The summed E-state index contributed by atoms with van der Waals surface area (Å²) >= 11 is 12.5. The number of hydrogen-bond acceptors (Lipinski definition) is 3. The number of halogens is 2. The van der Waals surface area contributed by atoms with Crippen molar-refractivity contribution < 1.29 is 14.3 Å². The van der Waals surface area contributed by atoms with Crippen LogP contribution in [-0.2, 0) is 9.59 Å². The Morgan fingerprint density at radius 3 is 2.85 bits per heavy atom.